The summed E-state index contributed by atoms with van der Waals surface area (Å²) in [6.07, 6.45) is 0.147. The highest BCUT2D eigenvalue weighted by molar-refractivity contribution is 9.10. The summed E-state index contributed by atoms with van der Waals surface area (Å²) < 4.78 is 0.696. The summed E-state index contributed by atoms with van der Waals surface area (Å²) in [5.74, 6) is 0. The number of hydrogen-bond donors (Lipinski definition) is 3. The molecule has 0 aliphatic heterocycles. The molecule has 5 heteroatoms. The molecule has 1 heterocycles. The van der Waals surface area contributed by atoms with E-state index >= 15 is 0 Å². The van der Waals surface area contributed by atoms with Gasteiger partial charge in [0.1, 0.15) is 10.7 Å². The third kappa shape index (κ3) is 3.02. The van der Waals surface area contributed by atoms with Crippen molar-refractivity contribution in [2.45, 2.75) is 18.6 Å². The third-order valence-electron chi connectivity index (χ3n) is 1.92. The monoisotopic (exact) mass is 260 g/mol. The highest BCUT2D eigenvalue weighted by Crippen LogP contribution is 2.18. The first-order valence-corrected chi connectivity index (χ1v) is 5.12. The van der Waals surface area contributed by atoms with Crippen LogP contribution in [0.1, 0.15) is 18.1 Å². The predicted molar refractivity (Wildman–Crippen MR) is 56.6 cm³/mol. The number of nitrogens with zero attached hydrogens (tertiary/aromatic N) is 1. The summed E-state index contributed by atoms with van der Waals surface area (Å²) in [6, 6.07) is 3.43. The largest absolute Gasteiger partial charge is 0.390 e. The number of aliphatic hydroxyl groups is 2. The van der Waals surface area contributed by atoms with E-state index in [4.69, 9.17) is 5.73 Å². The summed E-state index contributed by atoms with van der Waals surface area (Å²) in [7, 11) is 0. The molecule has 2 atom stereocenters. The van der Waals surface area contributed by atoms with Crippen LogP contribution in [0.4, 0.5) is 0 Å². The summed E-state index contributed by atoms with van der Waals surface area (Å²) in [5, 5.41) is 19.1. The molecule has 0 radical (unpaired) electrons. The van der Waals surface area contributed by atoms with Crippen LogP contribution in [0.25, 0.3) is 0 Å². The molecule has 0 aliphatic rings. The fraction of sp³-hybridized carbons (Fsp3) is 0.444. The zero-order valence-corrected chi connectivity index (χ0v) is 9.18. The number of hydrogen-bond acceptors (Lipinski definition) is 4. The molecule has 2 unspecified atom stereocenters. The molecule has 0 saturated heterocycles. The van der Waals surface area contributed by atoms with Crippen LogP contribution in [-0.4, -0.2) is 27.8 Å². The Hall–Kier alpha value is -0.490. The van der Waals surface area contributed by atoms with E-state index in [0.717, 1.165) is 0 Å². The van der Waals surface area contributed by atoms with Crippen LogP contribution in [0, 0.1) is 0 Å². The van der Waals surface area contributed by atoms with Crippen LogP contribution < -0.4 is 5.73 Å². The average Bonchev–Trinajstić information content (AvgIpc) is 2.18. The minimum atomic E-state index is -0.917. The Morgan fingerprint density at radius 1 is 1.43 bits per heavy atom. The Bertz CT molecular complexity index is 279. The summed E-state index contributed by atoms with van der Waals surface area (Å²) in [4.78, 5) is 3.96. The van der Waals surface area contributed by atoms with Crippen LogP contribution in [0.3, 0.4) is 0 Å². The maximum absolute atomic E-state index is 9.65. The summed E-state index contributed by atoms with van der Waals surface area (Å²) >= 11 is 3.19. The van der Waals surface area contributed by atoms with Crippen molar-refractivity contribution in [2.24, 2.45) is 5.73 Å². The molecule has 1 aromatic rings. The van der Waals surface area contributed by atoms with E-state index in [-0.39, 0.29) is 0 Å². The van der Waals surface area contributed by atoms with Crippen LogP contribution in [-0.2, 0) is 0 Å². The van der Waals surface area contributed by atoms with Crippen molar-refractivity contribution < 1.29 is 10.2 Å². The first-order chi connectivity index (χ1) is 6.65. The molecule has 1 rings (SSSR count). The molecule has 1 aromatic heterocycles. The smallest absolute Gasteiger partial charge is 0.106 e. The molecule has 0 aliphatic carbocycles. The second kappa shape index (κ2) is 5.41. The maximum Gasteiger partial charge on any atom is 0.106 e. The van der Waals surface area contributed by atoms with E-state index in [2.05, 4.69) is 20.9 Å². The van der Waals surface area contributed by atoms with Gasteiger partial charge in [0.25, 0.3) is 0 Å². The second-order valence-corrected chi connectivity index (χ2v) is 3.82. The number of aliphatic hydroxyl groups excluding tert-OH is 2. The second-order valence-electron chi connectivity index (χ2n) is 3.00. The van der Waals surface area contributed by atoms with Gasteiger partial charge in [-0.05, 0) is 35.0 Å². The highest BCUT2D eigenvalue weighted by Gasteiger charge is 2.17. The van der Waals surface area contributed by atoms with Gasteiger partial charge in [0.05, 0.1) is 6.10 Å². The van der Waals surface area contributed by atoms with Gasteiger partial charge in [-0.2, -0.15) is 0 Å². The van der Waals surface area contributed by atoms with Crippen molar-refractivity contribution >= 4 is 15.9 Å². The first kappa shape index (κ1) is 11.6. The van der Waals surface area contributed by atoms with Gasteiger partial charge in [-0.25, -0.2) is 4.98 Å². The summed E-state index contributed by atoms with van der Waals surface area (Å²) in [5.41, 5.74) is 5.87. The fourth-order valence-corrected chi connectivity index (χ4v) is 1.35. The predicted octanol–water partition coefficient (Wildman–Crippen LogP) is 0.587. The average molecular weight is 261 g/mol. The van der Waals surface area contributed by atoms with E-state index in [0.29, 0.717) is 23.1 Å². The first-order valence-electron chi connectivity index (χ1n) is 4.33. The standard InChI is InChI=1S/C9H13BrN2O2/c10-8-2-1-6(5-12-8)9(14)7(13)3-4-11/h1-2,5,7,9,13-14H,3-4,11H2. The topological polar surface area (TPSA) is 79.4 Å². The van der Waals surface area contributed by atoms with Crippen LogP contribution in [0.15, 0.2) is 22.9 Å². The molecule has 4 N–H and O–H groups in total. The van der Waals surface area contributed by atoms with Crippen molar-refractivity contribution in [1.82, 2.24) is 4.98 Å². The van der Waals surface area contributed by atoms with Gasteiger partial charge in [0, 0.05) is 11.8 Å². The number of halogens is 1. The Kier molecular flexibility index (Phi) is 4.47. The molecule has 0 fully saturated rings. The lowest BCUT2D eigenvalue weighted by Gasteiger charge is -2.16. The van der Waals surface area contributed by atoms with Gasteiger partial charge < -0.3 is 15.9 Å². The maximum atomic E-state index is 9.65. The molecule has 14 heavy (non-hydrogen) atoms. The van der Waals surface area contributed by atoms with E-state index < -0.39 is 12.2 Å². The Labute approximate surface area is 90.9 Å². The lowest BCUT2D eigenvalue weighted by Crippen LogP contribution is -2.21. The van der Waals surface area contributed by atoms with Crippen molar-refractivity contribution in [3.63, 3.8) is 0 Å². The van der Waals surface area contributed by atoms with Gasteiger partial charge in [0.2, 0.25) is 0 Å². The lowest BCUT2D eigenvalue weighted by atomic mass is 10.0. The molecule has 0 amide bonds. The van der Waals surface area contributed by atoms with Gasteiger partial charge in [-0.1, -0.05) is 6.07 Å². The van der Waals surface area contributed by atoms with E-state index in [1.807, 2.05) is 0 Å². The minimum absolute atomic E-state index is 0.349. The quantitative estimate of drug-likeness (QED) is 0.693. The number of aromatic nitrogens is 1. The van der Waals surface area contributed by atoms with E-state index in [1.54, 1.807) is 12.1 Å². The Morgan fingerprint density at radius 2 is 2.14 bits per heavy atom. The molecule has 0 aromatic carbocycles. The molecule has 0 bridgehead atoms. The zero-order chi connectivity index (χ0) is 10.6. The minimum Gasteiger partial charge on any atom is -0.390 e. The Balaban J connectivity index is 2.68. The summed E-state index contributed by atoms with van der Waals surface area (Å²) in [6.45, 7) is 0.349. The van der Waals surface area contributed by atoms with Crippen LogP contribution in [0.5, 0.6) is 0 Å². The molecule has 78 valence electrons. The van der Waals surface area contributed by atoms with Gasteiger partial charge in [-0.15, -0.1) is 0 Å². The Morgan fingerprint density at radius 3 is 2.64 bits per heavy atom. The third-order valence-corrected chi connectivity index (χ3v) is 2.39. The van der Waals surface area contributed by atoms with E-state index in [9.17, 15) is 10.2 Å². The van der Waals surface area contributed by atoms with Gasteiger partial charge in [-0.3, -0.25) is 0 Å². The highest BCUT2D eigenvalue weighted by atomic mass is 79.9. The van der Waals surface area contributed by atoms with E-state index in [1.165, 1.54) is 6.20 Å². The molecule has 4 nitrogen and oxygen atoms in total. The number of pyridine rings is 1. The van der Waals surface area contributed by atoms with Gasteiger partial charge in [0.15, 0.2) is 0 Å². The van der Waals surface area contributed by atoms with Crippen molar-refractivity contribution in [2.75, 3.05) is 6.54 Å². The van der Waals surface area contributed by atoms with Crippen molar-refractivity contribution in [1.29, 1.82) is 0 Å². The molecule has 0 saturated carbocycles. The fourth-order valence-electron chi connectivity index (χ4n) is 1.11. The normalized spacial score (nSPS) is 15.1. The van der Waals surface area contributed by atoms with Crippen LogP contribution in [0.2, 0.25) is 0 Å². The lowest BCUT2D eigenvalue weighted by molar-refractivity contribution is 0.0148. The number of rotatable bonds is 4. The molecule has 0 spiro atoms. The molecular weight excluding hydrogens is 248 g/mol. The number of nitrogens with two attached hydrogens (primary N) is 1. The van der Waals surface area contributed by atoms with Crippen molar-refractivity contribution in [3.05, 3.63) is 28.5 Å². The SMILES string of the molecule is NCCC(O)C(O)c1ccc(Br)nc1. The zero-order valence-electron chi connectivity index (χ0n) is 7.60. The van der Waals surface area contributed by atoms with Crippen LogP contribution >= 0.6 is 15.9 Å². The van der Waals surface area contributed by atoms with Gasteiger partial charge >= 0.3 is 0 Å². The molecular formula is C9H13BrN2O2. The van der Waals surface area contributed by atoms with Crippen molar-refractivity contribution in [3.8, 4) is 0 Å².